The summed E-state index contributed by atoms with van der Waals surface area (Å²) in [7, 11) is 0. The third-order valence-electron chi connectivity index (χ3n) is 3.08. The van der Waals surface area contributed by atoms with E-state index in [1.54, 1.807) is 30.3 Å². The first-order valence-corrected chi connectivity index (χ1v) is 7.05. The molecule has 1 heterocycles. The molecule has 6 heteroatoms. The van der Waals surface area contributed by atoms with Gasteiger partial charge in [0.25, 0.3) is 0 Å². The second-order valence-corrected chi connectivity index (χ2v) is 5.43. The van der Waals surface area contributed by atoms with Gasteiger partial charge in [-0.15, -0.1) is 0 Å². The summed E-state index contributed by atoms with van der Waals surface area (Å²) in [6, 6.07) is 11.3. The van der Waals surface area contributed by atoms with Crippen molar-refractivity contribution < 1.29 is 4.39 Å². The number of nitriles is 1. The van der Waals surface area contributed by atoms with Gasteiger partial charge in [0, 0.05) is 10.0 Å². The number of fused-ring (bicyclic) bond motifs is 1. The summed E-state index contributed by atoms with van der Waals surface area (Å²) in [5, 5.41) is 10.3. The van der Waals surface area contributed by atoms with Crippen LogP contribution in [-0.2, 0) is 0 Å². The van der Waals surface area contributed by atoms with E-state index in [0.29, 0.717) is 38.0 Å². The summed E-state index contributed by atoms with van der Waals surface area (Å²) in [4.78, 5) is 7.21. The molecule has 2 aromatic carbocycles. The Balaban J connectivity index is 2.09. The number of hydrogen-bond donors (Lipinski definition) is 1. The maximum Gasteiger partial charge on any atom is 0.149 e. The first-order chi connectivity index (χ1) is 10.6. The molecule has 3 aromatic rings. The molecule has 0 aliphatic heterocycles. The van der Waals surface area contributed by atoms with Crippen molar-refractivity contribution in [2.45, 2.75) is 0 Å². The highest BCUT2D eigenvalue weighted by Crippen LogP contribution is 2.26. The minimum absolute atomic E-state index is 0.292. The number of aromatic amines is 1. The monoisotopic (exact) mass is 331 g/mol. The number of nitrogens with one attached hydrogen (secondary N) is 1. The van der Waals surface area contributed by atoms with Gasteiger partial charge in [0.2, 0.25) is 0 Å². The van der Waals surface area contributed by atoms with Crippen molar-refractivity contribution >= 4 is 45.9 Å². The van der Waals surface area contributed by atoms with E-state index < -0.39 is 0 Å². The summed E-state index contributed by atoms with van der Waals surface area (Å²) >= 11 is 11.9. The molecule has 0 saturated carbocycles. The Bertz CT molecular complexity index is 938. The molecule has 0 saturated heterocycles. The highest BCUT2D eigenvalue weighted by molar-refractivity contribution is 6.35. The van der Waals surface area contributed by atoms with Crippen molar-refractivity contribution in [2.24, 2.45) is 0 Å². The van der Waals surface area contributed by atoms with E-state index in [2.05, 4.69) is 16.0 Å². The molecule has 1 N–H and O–H groups in total. The average Bonchev–Trinajstić information content (AvgIpc) is 2.89. The van der Waals surface area contributed by atoms with Gasteiger partial charge in [-0.3, -0.25) is 0 Å². The van der Waals surface area contributed by atoms with Crippen LogP contribution in [0.5, 0.6) is 0 Å². The summed E-state index contributed by atoms with van der Waals surface area (Å²) in [6.45, 7) is 0. The summed E-state index contributed by atoms with van der Waals surface area (Å²) in [5.41, 5.74) is 2.05. The zero-order valence-electron chi connectivity index (χ0n) is 11.1. The fourth-order valence-corrected chi connectivity index (χ4v) is 2.50. The predicted octanol–water partition coefficient (Wildman–Crippen LogP) is 5.07. The van der Waals surface area contributed by atoms with Gasteiger partial charge in [0.05, 0.1) is 16.6 Å². The molecule has 1 aromatic heterocycles. The third kappa shape index (κ3) is 2.82. The van der Waals surface area contributed by atoms with E-state index in [1.807, 2.05) is 0 Å². The fraction of sp³-hybridized carbons (Fsp3) is 0. The van der Waals surface area contributed by atoms with Gasteiger partial charge in [0.1, 0.15) is 17.7 Å². The van der Waals surface area contributed by atoms with Gasteiger partial charge < -0.3 is 4.98 Å². The van der Waals surface area contributed by atoms with Crippen LogP contribution in [-0.4, -0.2) is 9.97 Å². The molecule has 22 heavy (non-hydrogen) atoms. The zero-order valence-corrected chi connectivity index (χ0v) is 12.6. The molecule has 3 nitrogen and oxygen atoms in total. The van der Waals surface area contributed by atoms with Crippen molar-refractivity contribution in [2.75, 3.05) is 0 Å². The van der Waals surface area contributed by atoms with Crippen LogP contribution < -0.4 is 0 Å². The van der Waals surface area contributed by atoms with Crippen LogP contribution in [0.1, 0.15) is 11.4 Å². The van der Waals surface area contributed by atoms with Crippen LogP contribution in [0.2, 0.25) is 10.0 Å². The minimum Gasteiger partial charge on any atom is -0.337 e. The molecular weight excluding hydrogens is 324 g/mol. The molecular formula is C16H8Cl2FN3. The van der Waals surface area contributed by atoms with Gasteiger partial charge in [0.15, 0.2) is 0 Å². The molecule has 3 rings (SSSR count). The lowest BCUT2D eigenvalue weighted by Crippen LogP contribution is -1.85. The lowest BCUT2D eigenvalue weighted by atomic mass is 10.1. The topological polar surface area (TPSA) is 52.5 Å². The van der Waals surface area contributed by atoms with Gasteiger partial charge in [-0.2, -0.15) is 5.26 Å². The summed E-state index contributed by atoms with van der Waals surface area (Å²) in [6.07, 6.45) is 1.60. The first kappa shape index (κ1) is 14.6. The van der Waals surface area contributed by atoms with Gasteiger partial charge >= 0.3 is 0 Å². The molecule has 0 fully saturated rings. The number of aromatic nitrogens is 2. The Morgan fingerprint density at radius 3 is 2.77 bits per heavy atom. The van der Waals surface area contributed by atoms with E-state index >= 15 is 0 Å². The Morgan fingerprint density at radius 2 is 2.05 bits per heavy atom. The normalized spacial score (nSPS) is 11.6. The number of benzene rings is 2. The molecule has 0 atom stereocenters. The maximum absolute atomic E-state index is 13.2. The number of nitrogens with zero attached hydrogens (tertiary/aromatic N) is 2. The highest BCUT2D eigenvalue weighted by Gasteiger charge is 2.09. The molecule has 0 radical (unpaired) electrons. The Labute approximate surface area is 135 Å². The first-order valence-electron chi connectivity index (χ1n) is 6.29. The lowest BCUT2D eigenvalue weighted by molar-refractivity contribution is 0.629. The highest BCUT2D eigenvalue weighted by atomic mass is 35.5. The maximum atomic E-state index is 13.2. The van der Waals surface area contributed by atoms with Gasteiger partial charge in [-0.05, 0) is 42.0 Å². The van der Waals surface area contributed by atoms with Crippen molar-refractivity contribution in [1.82, 2.24) is 9.97 Å². The fourth-order valence-electron chi connectivity index (χ4n) is 2.04. The van der Waals surface area contributed by atoms with E-state index in [0.717, 1.165) is 0 Å². The Kier molecular flexibility index (Phi) is 3.84. The molecule has 108 valence electrons. The summed E-state index contributed by atoms with van der Waals surface area (Å²) < 4.78 is 13.2. The van der Waals surface area contributed by atoms with Crippen molar-refractivity contribution in [3.8, 4) is 6.07 Å². The number of allylic oxidation sites excluding steroid dienone is 1. The molecule has 0 spiro atoms. The van der Waals surface area contributed by atoms with E-state index in [9.17, 15) is 9.65 Å². The predicted molar refractivity (Wildman–Crippen MR) is 86.0 cm³/mol. The van der Waals surface area contributed by atoms with E-state index in [4.69, 9.17) is 23.2 Å². The van der Waals surface area contributed by atoms with Crippen molar-refractivity contribution in [3.05, 3.63) is 63.6 Å². The zero-order chi connectivity index (χ0) is 15.7. The van der Waals surface area contributed by atoms with Crippen LogP contribution in [0.25, 0.3) is 22.7 Å². The number of hydrogen-bond acceptors (Lipinski definition) is 2. The Morgan fingerprint density at radius 1 is 1.23 bits per heavy atom. The number of rotatable bonds is 2. The number of halogens is 3. The third-order valence-corrected chi connectivity index (χ3v) is 3.64. The Hall–Kier alpha value is -2.35. The standard InChI is InChI=1S/C16H8Cl2FN3/c17-11-2-1-9(13(18)6-11)5-10(8-20)16-21-14-4-3-12(19)7-15(14)22-16/h1-7H,(H,21,22)/b10-5-. The van der Waals surface area contributed by atoms with Crippen LogP contribution in [0.15, 0.2) is 36.4 Å². The molecule has 0 aliphatic carbocycles. The number of imidazole rings is 1. The number of H-pyrrole nitrogens is 1. The molecule has 0 bridgehead atoms. The van der Waals surface area contributed by atoms with Crippen molar-refractivity contribution in [3.63, 3.8) is 0 Å². The van der Waals surface area contributed by atoms with Crippen LogP contribution in [0.4, 0.5) is 4.39 Å². The quantitative estimate of drug-likeness (QED) is 0.666. The van der Waals surface area contributed by atoms with Gasteiger partial charge in [-0.25, -0.2) is 9.37 Å². The van der Waals surface area contributed by atoms with Crippen LogP contribution in [0, 0.1) is 17.1 Å². The smallest absolute Gasteiger partial charge is 0.149 e. The largest absolute Gasteiger partial charge is 0.337 e. The van der Waals surface area contributed by atoms with E-state index in [1.165, 1.54) is 12.1 Å². The second-order valence-electron chi connectivity index (χ2n) is 4.58. The van der Waals surface area contributed by atoms with Gasteiger partial charge in [-0.1, -0.05) is 29.3 Å². The molecule has 0 aliphatic rings. The second kappa shape index (κ2) is 5.80. The molecule has 0 amide bonds. The lowest BCUT2D eigenvalue weighted by Gasteiger charge is -2.00. The van der Waals surface area contributed by atoms with Crippen LogP contribution >= 0.6 is 23.2 Å². The van der Waals surface area contributed by atoms with Crippen molar-refractivity contribution in [1.29, 1.82) is 5.26 Å². The van der Waals surface area contributed by atoms with Crippen LogP contribution in [0.3, 0.4) is 0 Å². The molecule has 0 unspecified atom stereocenters. The van der Waals surface area contributed by atoms with E-state index in [-0.39, 0.29) is 5.82 Å². The average molecular weight is 332 g/mol. The SMILES string of the molecule is N#C/C(=C/c1ccc(Cl)cc1Cl)c1nc2ccc(F)cc2[nH]1. The minimum atomic E-state index is -0.370. The summed E-state index contributed by atoms with van der Waals surface area (Å²) in [5.74, 6) is -0.0138.